The molecule has 1 saturated heterocycles. The molecule has 1 fully saturated rings. The number of carbonyl (C=O) groups excluding carboxylic acids is 2. The largest absolute Gasteiger partial charge is 0.457 e. The Labute approximate surface area is 177 Å². The van der Waals surface area contributed by atoms with E-state index in [2.05, 4.69) is 27.7 Å². The molecule has 0 aromatic rings. The number of carbonyl (C=O) groups is 2. The molecule has 170 valence electrons. The summed E-state index contributed by atoms with van der Waals surface area (Å²) >= 11 is 0. The Morgan fingerprint density at radius 3 is 2.31 bits per heavy atom. The van der Waals surface area contributed by atoms with Gasteiger partial charge >= 0.3 is 5.97 Å². The van der Waals surface area contributed by atoms with Crippen LogP contribution in [0.25, 0.3) is 0 Å². The number of esters is 1. The molecule has 0 aromatic carbocycles. The highest BCUT2D eigenvalue weighted by atomic mass is 16.7. The molecule has 0 radical (unpaired) electrons. The molecule has 29 heavy (non-hydrogen) atoms. The lowest BCUT2D eigenvalue weighted by atomic mass is 9.84. The zero-order chi connectivity index (χ0) is 22.4. The van der Waals surface area contributed by atoms with Gasteiger partial charge in [-0.25, -0.2) is 0 Å². The van der Waals surface area contributed by atoms with E-state index in [-0.39, 0.29) is 30.0 Å². The van der Waals surface area contributed by atoms with Crippen LogP contribution in [0.1, 0.15) is 74.7 Å². The number of methoxy groups -OCH3 is 1. The maximum atomic E-state index is 11.6. The standard InChI is InChI=1S/C23H42O6/c1-14(2)10-15(3)11-16(4)21(17(5)13-24)29-20-12-23(8,26-9)22(18(6)27-20)28-19(7)25/h13-18,20-22H,10-12H2,1-9H3/t15?,16?,17?,18-,20?,21?,22?,23+/m0/s1. The van der Waals surface area contributed by atoms with E-state index in [4.69, 9.17) is 18.9 Å². The summed E-state index contributed by atoms with van der Waals surface area (Å²) in [6.07, 6.45) is 1.83. The van der Waals surface area contributed by atoms with Crippen molar-refractivity contribution in [2.24, 2.45) is 23.7 Å². The fourth-order valence-corrected chi connectivity index (χ4v) is 4.68. The first-order valence-corrected chi connectivity index (χ1v) is 10.9. The second-order valence-corrected chi connectivity index (χ2v) is 9.57. The molecule has 0 aromatic heterocycles. The van der Waals surface area contributed by atoms with E-state index < -0.39 is 18.0 Å². The second kappa shape index (κ2) is 11.4. The predicted octanol–water partition coefficient (Wildman–Crippen LogP) is 4.39. The molecule has 6 heteroatoms. The average molecular weight is 415 g/mol. The minimum absolute atomic E-state index is 0.211. The molecule has 0 N–H and O–H groups in total. The van der Waals surface area contributed by atoms with E-state index in [0.29, 0.717) is 18.3 Å². The van der Waals surface area contributed by atoms with E-state index in [1.54, 1.807) is 7.11 Å². The van der Waals surface area contributed by atoms with Gasteiger partial charge in [0.15, 0.2) is 12.4 Å². The van der Waals surface area contributed by atoms with Crippen LogP contribution in [0.2, 0.25) is 0 Å². The topological polar surface area (TPSA) is 71.1 Å². The van der Waals surface area contributed by atoms with Crippen LogP contribution in [0, 0.1) is 23.7 Å². The van der Waals surface area contributed by atoms with Crippen molar-refractivity contribution in [3.8, 4) is 0 Å². The Balaban J connectivity index is 2.91. The van der Waals surface area contributed by atoms with Gasteiger partial charge < -0.3 is 23.7 Å². The summed E-state index contributed by atoms with van der Waals surface area (Å²) in [5.41, 5.74) is -0.725. The third kappa shape index (κ3) is 7.65. The first kappa shape index (κ1) is 26.1. The highest BCUT2D eigenvalue weighted by Crippen LogP contribution is 2.36. The van der Waals surface area contributed by atoms with Gasteiger partial charge in [-0.15, -0.1) is 0 Å². The van der Waals surface area contributed by atoms with Gasteiger partial charge in [0.1, 0.15) is 11.9 Å². The van der Waals surface area contributed by atoms with E-state index in [9.17, 15) is 9.59 Å². The Kier molecular flexibility index (Phi) is 10.3. The van der Waals surface area contributed by atoms with Crippen LogP contribution in [0.4, 0.5) is 0 Å². The number of rotatable bonds is 11. The van der Waals surface area contributed by atoms with Crippen LogP contribution in [-0.4, -0.2) is 49.6 Å². The molecule has 1 rings (SSSR count). The van der Waals surface area contributed by atoms with Gasteiger partial charge in [0, 0.05) is 26.4 Å². The van der Waals surface area contributed by atoms with Crippen molar-refractivity contribution in [2.75, 3.05) is 7.11 Å². The minimum Gasteiger partial charge on any atom is -0.457 e. The molecule has 8 atom stereocenters. The predicted molar refractivity (Wildman–Crippen MR) is 112 cm³/mol. The van der Waals surface area contributed by atoms with E-state index in [1.807, 2.05) is 20.8 Å². The van der Waals surface area contributed by atoms with Crippen molar-refractivity contribution < 1.29 is 28.5 Å². The first-order valence-electron chi connectivity index (χ1n) is 10.9. The van der Waals surface area contributed by atoms with Gasteiger partial charge in [-0.3, -0.25) is 4.79 Å². The molecular formula is C23H42O6. The van der Waals surface area contributed by atoms with Gasteiger partial charge in [-0.05, 0) is 44.4 Å². The number of hydrogen-bond donors (Lipinski definition) is 0. The monoisotopic (exact) mass is 414 g/mol. The van der Waals surface area contributed by atoms with E-state index in [0.717, 1.165) is 19.1 Å². The molecule has 0 amide bonds. The average Bonchev–Trinajstić information content (AvgIpc) is 2.61. The van der Waals surface area contributed by atoms with Crippen molar-refractivity contribution in [2.45, 2.75) is 105 Å². The van der Waals surface area contributed by atoms with Crippen LogP contribution in [-0.2, 0) is 28.5 Å². The first-order chi connectivity index (χ1) is 13.4. The summed E-state index contributed by atoms with van der Waals surface area (Å²) < 4.78 is 23.6. The molecule has 1 aliphatic heterocycles. The van der Waals surface area contributed by atoms with Crippen LogP contribution in [0.15, 0.2) is 0 Å². The van der Waals surface area contributed by atoms with Crippen molar-refractivity contribution >= 4 is 12.3 Å². The highest BCUT2D eigenvalue weighted by molar-refractivity contribution is 5.66. The molecule has 6 nitrogen and oxygen atoms in total. The molecule has 0 bridgehead atoms. The molecule has 1 heterocycles. The molecule has 0 aliphatic carbocycles. The van der Waals surface area contributed by atoms with Crippen molar-refractivity contribution in [1.29, 1.82) is 0 Å². The molecular weight excluding hydrogens is 372 g/mol. The minimum atomic E-state index is -0.725. The normalized spacial score (nSPS) is 31.7. The molecule has 0 spiro atoms. The van der Waals surface area contributed by atoms with Crippen molar-refractivity contribution in [3.63, 3.8) is 0 Å². The fraction of sp³-hybridized carbons (Fsp3) is 0.913. The fourth-order valence-electron chi connectivity index (χ4n) is 4.68. The zero-order valence-corrected chi connectivity index (χ0v) is 19.8. The Morgan fingerprint density at radius 1 is 1.21 bits per heavy atom. The summed E-state index contributed by atoms with van der Waals surface area (Å²) in [6.45, 7) is 15.9. The van der Waals surface area contributed by atoms with Crippen LogP contribution in [0.5, 0.6) is 0 Å². The van der Waals surface area contributed by atoms with Crippen LogP contribution >= 0.6 is 0 Å². The number of aldehydes is 1. The number of hydrogen-bond acceptors (Lipinski definition) is 6. The summed E-state index contributed by atoms with van der Waals surface area (Å²) in [5, 5.41) is 0. The summed E-state index contributed by atoms with van der Waals surface area (Å²) in [5.74, 6) is 0.799. The smallest absolute Gasteiger partial charge is 0.303 e. The lowest BCUT2D eigenvalue weighted by Crippen LogP contribution is -2.58. The highest BCUT2D eigenvalue weighted by Gasteiger charge is 2.49. The third-order valence-corrected chi connectivity index (χ3v) is 5.98. The summed E-state index contributed by atoms with van der Waals surface area (Å²) in [6, 6.07) is 0. The summed E-state index contributed by atoms with van der Waals surface area (Å²) in [7, 11) is 1.60. The molecule has 6 unspecified atom stereocenters. The van der Waals surface area contributed by atoms with Gasteiger partial charge in [-0.2, -0.15) is 0 Å². The van der Waals surface area contributed by atoms with Crippen molar-refractivity contribution in [1.82, 2.24) is 0 Å². The van der Waals surface area contributed by atoms with Gasteiger partial charge in [0.2, 0.25) is 0 Å². The quantitative estimate of drug-likeness (QED) is 0.369. The lowest BCUT2D eigenvalue weighted by Gasteiger charge is -2.47. The third-order valence-electron chi connectivity index (χ3n) is 5.98. The van der Waals surface area contributed by atoms with E-state index >= 15 is 0 Å². The maximum Gasteiger partial charge on any atom is 0.303 e. The van der Waals surface area contributed by atoms with Crippen LogP contribution < -0.4 is 0 Å². The maximum absolute atomic E-state index is 11.6. The zero-order valence-electron chi connectivity index (χ0n) is 19.8. The Morgan fingerprint density at radius 2 is 1.83 bits per heavy atom. The SMILES string of the molecule is CO[C@]1(C)CC(OC(C(C)C=O)C(C)CC(C)CC(C)C)O[C@@H](C)C1OC(C)=O. The van der Waals surface area contributed by atoms with Crippen LogP contribution in [0.3, 0.4) is 0 Å². The summed E-state index contributed by atoms with van der Waals surface area (Å²) in [4.78, 5) is 23.1. The van der Waals surface area contributed by atoms with Gasteiger partial charge in [0.05, 0.1) is 12.2 Å². The lowest BCUT2D eigenvalue weighted by molar-refractivity contribution is -0.297. The second-order valence-electron chi connectivity index (χ2n) is 9.57. The van der Waals surface area contributed by atoms with Crippen molar-refractivity contribution in [3.05, 3.63) is 0 Å². The number of ether oxygens (including phenoxy) is 4. The Hall–Kier alpha value is -0.980. The van der Waals surface area contributed by atoms with Gasteiger partial charge in [-0.1, -0.05) is 34.6 Å². The van der Waals surface area contributed by atoms with Gasteiger partial charge in [0.25, 0.3) is 0 Å². The Bertz CT molecular complexity index is 521. The molecule has 1 aliphatic rings. The van der Waals surface area contributed by atoms with E-state index in [1.165, 1.54) is 6.92 Å². The molecule has 0 saturated carbocycles.